The summed E-state index contributed by atoms with van der Waals surface area (Å²) in [5, 5.41) is 6.68. The normalized spacial score (nSPS) is 13.6. The van der Waals surface area contributed by atoms with E-state index in [0.29, 0.717) is 29.2 Å². The van der Waals surface area contributed by atoms with E-state index in [-0.39, 0.29) is 5.92 Å². The Morgan fingerprint density at radius 1 is 0.333 bits per heavy atom. The summed E-state index contributed by atoms with van der Waals surface area (Å²) >= 11 is 0. The monoisotopic (exact) mass is 961 g/mol. The lowest BCUT2D eigenvalue weighted by atomic mass is 10.00. The van der Waals surface area contributed by atoms with E-state index >= 15 is 0 Å². The molecule has 352 valence electrons. The Morgan fingerprint density at radius 2 is 0.800 bits per heavy atom. The van der Waals surface area contributed by atoms with Gasteiger partial charge >= 0.3 is 0 Å². The number of hydrogen-bond acceptors (Lipinski definition) is 6. The zero-order valence-electron chi connectivity index (χ0n) is 40.4. The molecule has 0 saturated carbocycles. The third-order valence-electron chi connectivity index (χ3n) is 14.6. The highest BCUT2D eigenvalue weighted by molar-refractivity contribution is 6.24. The van der Waals surface area contributed by atoms with Gasteiger partial charge in [-0.1, -0.05) is 194 Å². The maximum absolute atomic E-state index is 5.61. The van der Waals surface area contributed by atoms with E-state index in [1.807, 2.05) is 36.4 Å². The van der Waals surface area contributed by atoms with Crippen LogP contribution >= 0.6 is 0 Å². The average molecular weight is 962 g/mol. The van der Waals surface area contributed by atoms with Crippen LogP contribution in [0.5, 0.6) is 0 Å². The van der Waals surface area contributed by atoms with Crippen LogP contribution in [0.1, 0.15) is 18.2 Å². The first kappa shape index (κ1) is 42.6. The van der Waals surface area contributed by atoms with Crippen LogP contribution in [0.2, 0.25) is 0 Å². The number of hydrogen-bond donors (Lipinski definition) is 0. The molecular formula is C66H43N9. The molecule has 1 aliphatic rings. The Kier molecular flexibility index (Phi) is 9.81. The van der Waals surface area contributed by atoms with E-state index in [1.165, 1.54) is 0 Å². The van der Waals surface area contributed by atoms with Crippen LogP contribution in [0.25, 0.3) is 128 Å². The van der Waals surface area contributed by atoms with Crippen LogP contribution in [-0.4, -0.2) is 43.6 Å². The molecule has 14 aromatic rings. The number of allylic oxidation sites excluding steroid dienone is 4. The first-order valence-corrected chi connectivity index (χ1v) is 25.3. The Morgan fingerprint density at radius 3 is 1.44 bits per heavy atom. The molecule has 9 heteroatoms. The molecule has 5 aromatic heterocycles. The third kappa shape index (κ3) is 6.93. The van der Waals surface area contributed by atoms with Crippen molar-refractivity contribution in [3.8, 4) is 62.9 Å². The van der Waals surface area contributed by atoms with Crippen molar-refractivity contribution in [1.82, 2.24) is 43.6 Å². The topological polar surface area (TPSA) is 92.1 Å². The van der Waals surface area contributed by atoms with Crippen LogP contribution in [0, 0.1) is 0 Å². The second-order valence-electron chi connectivity index (χ2n) is 19.0. The second-order valence-corrected chi connectivity index (χ2v) is 19.0. The van der Waals surface area contributed by atoms with Gasteiger partial charge in [-0.25, -0.2) is 19.9 Å². The summed E-state index contributed by atoms with van der Waals surface area (Å²) in [6, 6.07) is 76.4. The number of fused-ring (bicyclic) bond motifs is 10. The SMILES string of the molecule is C1=CCC(c2nc(-c3ccccc3)nc(-c3cccc(-n4c5ccccc5c5ccc6c7ccccc7n(-c7nc(-c8ccccc8)nc(-c8cccc9c%10ccccc%10n(-c%10ccccc%10)c89)n7)c6c54)c3)n2)C=C1. The quantitative estimate of drug-likeness (QED) is 0.151. The molecule has 9 nitrogen and oxygen atoms in total. The van der Waals surface area contributed by atoms with Crippen molar-refractivity contribution >= 4 is 65.4 Å². The molecule has 1 unspecified atom stereocenters. The maximum atomic E-state index is 5.61. The van der Waals surface area contributed by atoms with Crippen LogP contribution in [0.15, 0.2) is 243 Å². The number of aromatic nitrogens is 9. The minimum absolute atomic E-state index is 0.0372. The first-order chi connectivity index (χ1) is 37.2. The molecule has 75 heavy (non-hydrogen) atoms. The van der Waals surface area contributed by atoms with Gasteiger partial charge in [0.25, 0.3) is 0 Å². The van der Waals surface area contributed by atoms with E-state index in [2.05, 4.69) is 220 Å². The largest absolute Gasteiger partial charge is 0.309 e. The summed E-state index contributed by atoms with van der Waals surface area (Å²) in [4.78, 5) is 31.9. The Hall–Kier alpha value is -10.1. The lowest BCUT2D eigenvalue weighted by Crippen LogP contribution is -2.08. The summed E-state index contributed by atoms with van der Waals surface area (Å²) in [5.74, 6) is 3.72. The fourth-order valence-electron chi connectivity index (χ4n) is 11.3. The van der Waals surface area contributed by atoms with Crippen molar-refractivity contribution in [2.75, 3.05) is 0 Å². The lowest BCUT2D eigenvalue weighted by Gasteiger charge is -2.16. The van der Waals surface area contributed by atoms with Crippen molar-refractivity contribution in [2.24, 2.45) is 0 Å². The summed E-state index contributed by atoms with van der Waals surface area (Å²) in [6.45, 7) is 0. The van der Waals surface area contributed by atoms with Crippen molar-refractivity contribution < 1.29 is 0 Å². The van der Waals surface area contributed by atoms with Gasteiger partial charge in [0.15, 0.2) is 23.3 Å². The van der Waals surface area contributed by atoms with Crippen molar-refractivity contribution in [3.63, 3.8) is 0 Å². The standard InChI is InChI=1S/C66H43N9/c1-5-21-42(22-6-1)61-67-62(43-23-7-2-8-24-43)69-64(68-61)45-27-19-30-47(41-45)74-56-37-17-14-32-49(56)52-39-40-53-50-33-15-18-38-57(50)75(60(53)59(52)74)66-71-63(44-25-9-3-10-26-44)70-65(72-66)54-35-20-34-51-48-31-13-16-36-55(48)73(58(51)54)46-28-11-4-12-29-46/h1-23,25-41,43H,24H2. The highest BCUT2D eigenvalue weighted by Crippen LogP contribution is 2.43. The number of para-hydroxylation sites is 5. The molecule has 0 N–H and O–H groups in total. The summed E-state index contributed by atoms with van der Waals surface area (Å²) in [7, 11) is 0. The smallest absolute Gasteiger partial charge is 0.238 e. The number of benzene rings is 9. The van der Waals surface area contributed by atoms with Gasteiger partial charge < -0.3 is 9.13 Å². The Bertz CT molecular complexity index is 4620. The molecule has 0 aliphatic heterocycles. The molecule has 0 radical (unpaired) electrons. The van der Waals surface area contributed by atoms with Gasteiger partial charge in [-0.2, -0.15) is 9.97 Å². The molecular weight excluding hydrogens is 919 g/mol. The van der Waals surface area contributed by atoms with E-state index < -0.39 is 0 Å². The van der Waals surface area contributed by atoms with Gasteiger partial charge in [-0.05, 0) is 55.0 Å². The molecule has 0 amide bonds. The fraction of sp³-hybridized carbons (Fsp3) is 0.0303. The minimum Gasteiger partial charge on any atom is -0.309 e. The lowest BCUT2D eigenvalue weighted by molar-refractivity contribution is 0.764. The third-order valence-corrected chi connectivity index (χ3v) is 14.6. The molecule has 9 aromatic carbocycles. The average Bonchev–Trinajstić information content (AvgIpc) is 4.14. The summed E-state index contributed by atoms with van der Waals surface area (Å²) < 4.78 is 6.99. The van der Waals surface area contributed by atoms with Gasteiger partial charge in [-0.3, -0.25) is 4.57 Å². The zero-order valence-corrected chi connectivity index (χ0v) is 40.4. The van der Waals surface area contributed by atoms with Gasteiger partial charge in [0.1, 0.15) is 5.82 Å². The molecule has 0 bridgehead atoms. The zero-order chi connectivity index (χ0) is 49.4. The van der Waals surface area contributed by atoms with Crippen LogP contribution in [0.3, 0.4) is 0 Å². The highest BCUT2D eigenvalue weighted by Gasteiger charge is 2.26. The Balaban J connectivity index is 1.01. The molecule has 15 rings (SSSR count). The minimum atomic E-state index is 0.0372. The van der Waals surface area contributed by atoms with Crippen LogP contribution < -0.4 is 0 Å². The number of rotatable bonds is 8. The van der Waals surface area contributed by atoms with Crippen molar-refractivity contribution in [1.29, 1.82) is 0 Å². The molecule has 1 aliphatic carbocycles. The van der Waals surface area contributed by atoms with Crippen LogP contribution in [-0.2, 0) is 0 Å². The first-order valence-electron chi connectivity index (χ1n) is 25.3. The molecule has 5 heterocycles. The molecule has 1 atom stereocenters. The molecule has 0 saturated heterocycles. The van der Waals surface area contributed by atoms with Gasteiger partial charge in [-0.15, -0.1) is 0 Å². The van der Waals surface area contributed by atoms with E-state index in [4.69, 9.17) is 29.9 Å². The predicted molar refractivity (Wildman–Crippen MR) is 304 cm³/mol. The summed E-state index contributed by atoms with van der Waals surface area (Å²) in [5.41, 5.74) is 11.8. The Labute approximate surface area is 430 Å². The van der Waals surface area contributed by atoms with Gasteiger partial charge in [0, 0.05) is 71.9 Å². The number of nitrogens with zero attached hydrogens (tertiary/aromatic N) is 9. The highest BCUT2D eigenvalue weighted by atomic mass is 15.2. The predicted octanol–water partition coefficient (Wildman–Crippen LogP) is 15.6. The van der Waals surface area contributed by atoms with Crippen molar-refractivity contribution in [2.45, 2.75) is 12.3 Å². The second kappa shape index (κ2) is 17.3. The molecule has 0 spiro atoms. The maximum Gasteiger partial charge on any atom is 0.238 e. The van der Waals surface area contributed by atoms with Gasteiger partial charge in [0.05, 0.1) is 33.1 Å². The van der Waals surface area contributed by atoms with Crippen LogP contribution in [0.4, 0.5) is 0 Å². The van der Waals surface area contributed by atoms with Crippen molar-refractivity contribution in [3.05, 3.63) is 249 Å². The van der Waals surface area contributed by atoms with E-state index in [9.17, 15) is 0 Å². The molecule has 0 fully saturated rings. The fourth-order valence-corrected chi connectivity index (χ4v) is 11.3. The van der Waals surface area contributed by atoms with E-state index in [1.54, 1.807) is 0 Å². The summed E-state index contributed by atoms with van der Waals surface area (Å²) in [6.07, 6.45) is 9.33. The van der Waals surface area contributed by atoms with E-state index in [0.717, 1.165) is 111 Å². The van der Waals surface area contributed by atoms with Gasteiger partial charge in [0.2, 0.25) is 5.95 Å².